The van der Waals surface area contributed by atoms with Gasteiger partial charge >= 0.3 is 0 Å². The number of aliphatic hydroxyl groups is 2. The highest BCUT2D eigenvalue weighted by Gasteiger charge is 1.92. The number of unbranched alkanes of at least 4 members (excludes halogenated alkanes) is 1. The van der Waals surface area contributed by atoms with Crippen molar-refractivity contribution in [2.24, 2.45) is 0 Å². The first-order valence-electron chi connectivity index (χ1n) is 2.74. The van der Waals surface area contributed by atoms with Crippen molar-refractivity contribution in [2.45, 2.75) is 25.6 Å². The van der Waals surface area contributed by atoms with Crippen molar-refractivity contribution in [2.75, 3.05) is 0 Å². The molecular formula is C6H12O2. The number of hydrogen-bond donors (Lipinski definition) is 2. The van der Waals surface area contributed by atoms with Gasteiger partial charge < -0.3 is 10.2 Å². The Morgan fingerprint density at radius 2 is 2.12 bits per heavy atom. The summed E-state index contributed by atoms with van der Waals surface area (Å²) < 4.78 is 0. The molecule has 0 aromatic rings. The summed E-state index contributed by atoms with van der Waals surface area (Å²) in [5, 5.41) is 16.6. The Labute approximate surface area is 49.5 Å². The molecule has 0 unspecified atom stereocenters. The molecular weight excluding hydrogens is 104 g/mol. The molecule has 0 atom stereocenters. The molecule has 2 heteroatoms. The van der Waals surface area contributed by atoms with Gasteiger partial charge in [-0.2, -0.15) is 0 Å². The van der Waals surface area contributed by atoms with Gasteiger partial charge in [-0.15, -0.1) is 6.58 Å². The Balaban J connectivity index is 2.81. The van der Waals surface area contributed by atoms with Gasteiger partial charge in [-0.3, -0.25) is 0 Å². The number of rotatable bonds is 4. The van der Waals surface area contributed by atoms with E-state index in [9.17, 15) is 0 Å². The van der Waals surface area contributed by atoms with E-state index in [1.165, 1.54) is 0 Å². The molecule has 0 saturated heterocycles. The first-order valence-corrected chi connectivity index (χ1v) is 2.74. The molecule has 0 heterocycles. The second-order valence-electron chi connectivity index (χ2n) is 1.70. The van der Waals surface area contributed by atoms with Crippen molar-refractivity contribution < 1.29 is 10.2 Å². The van der Waals surface area contributed by atoms with Gasteiger partial charge in [0.25, 0.3) is 0 Å². The normalized spacial score (nSPS) is 9.88. The fourth-order valence-electron chi connectivity index (χ4n) is 0.445. The molecule has 0 bridgehead atoms. The first kappa shape index (κ1) is 7.66. The van der Waals surface area contributed by atoms with E-state index in [4.69, 9.17) is 10.2 Å². The Morgan fingerprint density at radius 3 is 2.50 bits per heavy atom. The van der Waals surface area contributed by atoms with Crippen molar-refractivity contribution in [1.82, 2.24) is 0 Å². The van der Waals surface area contributed by atoms with Gasteiger partial charge in [0.2, 0.25) is 0 Å². The Bertz CT molecular complexity index is 59.5. The van der Waals surface area contributed by atoms with Crippen LogP contribution in [0.1, 0.15) is 19.3 Å². The Hall–Kier alpha value is -0.340. The third-order valence-electron chi connectivity index (χ3n) is 0.871. The van der Waals surface area contributed by atoms with Gasteiger partial charge in [0, 0.05) is 0 Å². The highest BCUT2D eigenvalue weighted by molar-refractivity contribution is 4.65. The summed E-state index contributed by atoms with van der Waals surface area (Å²) in [7, 11) is 0. The lowest BCUT2D eigenvalue weighted by Crippen LogP contribution is -2.02. The van der Waals surface area contributed by atoms with Crippen LogP contribution in [-0.4, -0.2) is 16.5 Å². The van der Waals surface area contributed by atoms with Gasteiger partial charge in [-0.05, 0) is 19.3 Å². The fourth-order valence-corrected chi connectivity index (χ4v) is 0.445. The molecule has 48 valence electrons. The van der Waals surface area contributed by atoms with Crippen LogP contribution < -0.4 is 0 Å². The second kappa shape index (κ2) is 4.81. The molecule has 0 aliphatic rings. The molecule has 0 aliphatic heterocycles. The molecule has 0 radical (unpaired) electrons. The predicted molar refractivity (Wildman–Crippen MR) is 32.3 cm³/mol. The molecule has 0 fully saturated rings. The minimum atomic E-state index is -1.14. The largest absolute Gasteiger partial charge is 0.368 e. The average Bonchev–Trinajstić information content (AvgIpc) is 1.66. The fraction of sp³-hybridized carbons (Fsp3) is 0.667. The van der Waals surface area contributed by atoms with Crippen LogP contribution in [0.5, 0.6) is 0 Å². The molecule has 0 aromatic heterocycles. The highest BCUT2D eigenvalue weighted by atomic mass is 16.5. The standard InChI is InChI=1S/C6H12O2/c1-2-3-4-5-6(7)8/h2,6-8H,1,3-5H2. The van der Waals surface area contributed by atoms with Crippen LogP contribution in [0, 0.1) is 0 Å². The van der Waals surface area contributed by atoms with E-state index >= 15 is 0 Å². The summed E-state index contributed by atoms with van der Waals surface area (Å²) in [6, 6.07) is 0. The van der Waals surface area contributed by atoms with E-state index in [2.05, 4.69) is 6.58 Å². The lowest BCUT2D eigenvalue weighted by Gasteiger charge is -1.98. The van der Waals surface area contributed by atoms with Gasteiger partial charge in [0.05, 0.1) is 0 Å². The van der Waals surface area contributed by atoms with Crippen LogP contribution in [0.2, 0.25) is 0 Å². The van der Waals surface area contributed by atoms with E-state index in [-0.39, 0.29) is 0 Å². The topological polar surface area (TPSA) is 40.5 Å². The van der Waals surface area contributed by atoms with Crippen molar-refractivity contribution in [3.63, 3.8) is 0 Å². The smallest absolute Gasteiger partial charge is 0.151 e. The van der Waals surface area contributed by atoms with E-state index in [1.54, 1.807) is 6.08 Å². The zero-order valence-corrected chi connectivity index (χ0v) is 4.88. The van der Waals surface area contributed by atoms with Crippen molar-refractivity contribution >= 4 is 0 Å². The minimum Gasteiger partial charge on any atom is -0.368 e. The van der Waals surface area contributed by atoms with Gasteiger partial charge in [0.1, 0.15) is 0 Å². The maximum atomic E-state index is 8.30. The quantitative estimate of drug-likeness (QED) is 0.321. The predicted octanol–water partition coefficient (Wildman–Crippen LogP) is 0.653. The van der Waals surface area contributed by atoms with E-state index < -0.39 is 6.29 Å². The van der Waals surface area contributed by atoms with Gasteiger partial charge in [-0.25, -0.2) is 0 Å². The van der Waals surface area contributed by atoms with Gasteiger partial charge in [0.15, 0.2) is 6.29 Å². The van der Waals surface area contributed by atoms with Crippen LogP contribution in [0.4, 0.5) is 0 Å². The lowest BCUT2D eigenvalue weighted by atomic mass is 10.2. The molecule has 0 rings (SSSR count). The summed E-state index contributed by atoms with van der Waals surface area (Å²) in [4.78, 5) is 0. The SMILES string of the molecule is C=CCCCC(O)O. The summed E-state index contributed by atoms with van der Waals surface area (Å²) in [5.74, 6) is 0. The third-order valence-corrected chi connectivity index (χ3v) is 0.871. The summed E-state index contributed by atoms with van der Waals surface area (Å²) in [6.07, 6.45) is 2.74. The van der Waals surface area contributed by atoms with Crippen LogP contribution in [-0.2, 0) is 0 Å². The van der Waals surface area contributed by atoms with Gasteiger partial charge in [-0.1, -0.05) is 6.08 Å². The molecule has 8 heavy (non-hydrogen) atoms. The Kier molecular flexibility index (Phi) is 4.61. The molecule has 0 spiro atoms. The summed E-state index contributed by atoms with van der Waals surface area (Å²) in [6.45, 7) is 3.49. The van der Waals surface area contributed by atoms with E-state index in [0.29, 0.717) is 6.42 Å². The number of allylic oxidation sites excluding steroid dienone is 1. The lowest BCUT2D eigenvalue weighted by molar-refractivity contribution is -0.0460. The minimum absolute atomic E-state index is 0.450. The van der Waals surface area contributed by atoms with Crippen LogP contribution in [0.3, 0.4) is 0 Å². The number of aliphatic hydroxyl groups excluding tert-OH is 1. The summed E-state index contributed by atoms with van der Waals surface area (Å²) in [5.41, 5.74) is 0. The van der Waals surface area contributed by atoms with Crippen LogP contribution in [0.25, 0.3) is 0 Å². The molecule has 0 aliphatic carbocycles. The summed E-state index contributed by atoms with van der Waals surface area (Å²) >= 11 is 0. The zero-order valence-electron chi connectivity index (χ0n) is 4.88. The molecule has 2 nitrogen and oxygen atoms in total. The van der Waals surface area contributed by atoms with Crippen molar-refractivity contribution in [3.05, 3.63) is 12.7 Å². The molecule has 0 saturated carbocycles. The second-order valence-corrected chi connectivity index (χ2v) is 1.70. The molecule has 0 aromatic carbocycles. The molecule has 0 amide bonds. The monoisotopic (exact) mass is 116 g/mol. The van der Waals surface area contributed by atoms with Crippen molar-refractivity contribution in [3.8, 4) is 0 Å². The van der Waals surface area contributed by atoms with Crippen molar-refractivity contribution in [1.29, 1.82) is 0 Å². The first-order chi connectivity index (χ1) is 3.77. The third kappa shape index (κ3) is 5.66. The number of hydrogen-bond acceptors (Lipinski definition) is 2. The van der Waals surface area contributed by atoms with Crippen LogP contribution in [0.15, 0.2) is 12.7 Å². The average molecular weight is 116 g/mol. The Morgan fingerprint density at radius 1 is 1.50 bits per heavy atom. The van der Waals surface area contributed by atoms with E-state index in [0.717, 1.165) is 12.8 Å². The van der Waals surface area contributed by atoms with E-state index in [1.807, 2.05) is 0 Å². The maximum Gasteiger partial charge on any atom is 0.151 e. The molecule has 2 N–H and O–H groups in total. The zero-order chi connectivity index (χ0) is 6.41. The maximum absolute atomic E-state index is 8.30. The van der Waals surface area contributed by atoms with Crippen LogP contribution >= 0.6 is 0 Å². The highest BCUT2D eigenvalue weighted by Crippen LogP contribution is 1.97.